The van der Waals surface area contributed by atoms with Gasteiger partial charge in [-0.2, -0.15) is 0 Å². The van der Waals surface area contributed by atoms with E-state index in [0.29, 0.717) is 19.1 Å². The molecule has 2 amide bonds. The van der Waals surface area contributed by atoms with Gasteiger partial charge in [0.1, 0.15) is 0 Å². The number of aromatic nitrogens is 1. The van der Waals surface area contributed by atoms with Gasteiger partial charge in [0.15, 0.2) is 0 Å². The van der Waals surface area contributed by atoms with Crippen LogP contribution in [0.25, 0.3) is 0 Å². The van der Waals surface area contributed by atoms with Crippen molar-refractivity contribution in [2.24, 2.45) is 5.92 Å². The van der Waals surface area contributed by atoms with Gasteiger partial charge in [-0.15, -0.1) is 0 Å². The summed E-state index contributed by atoms with van der Waals surface area (Å²) < 4.78 is 2.40. The molecule has 0 radical (unpaired) electrons. The van der Waals surface area contributed by atoms with Crippen LogP contribution >= 0.6 is 0 Å². The van der Waals surface area contributed by atoms with E-state index in [-0.39, 0.29) is 17.7 Å². The molecule has 0 bridgehead atoms. The SMILES string of the molecule is Cc1cc(C(=O)N2CCC(C(=O)N(C)C)CC2)c(C)n1C1CCCCC1. The summed E-state index contributed by atoms with van der Waals surface area (Å²) >= 11 is 0. The van der Waals surface area contributed by atoms with Crippen molar-refractivity contribution in [1.82, 2.24) is 14.4 Å². The number of amides is 2. The molecule has 2 fully saturated rings. The zero-order chi connectivity index (χ0) is 18.8. The number of hydrogen-bond acceptors (Lipinski definition) is 2. The van der Waals surface area contributed by atoms with Gasteiger partial charge in [-0.3, -0.25) is 9.59 Å². The van der Waals surface area contributed by atoms with Gasteiger partial charge < -0.3 is 14.4 Å². The van der Waals surface area contributed by atoms with Gasteiger partial charge in [0.25, 0.3) is 5.91 Å². The maximum atomic E-state index is 13.1. The molecule has 0 spiro atoms. The van der Waals surface area contributed by atoms with Gasteiger partial charge >= 0.3 is 0 Å². The molecule has 144 valence electrons. The normalized spacial score (nSPS) is 19.6. The predicted octanol–water partition coefficient (Wildman–Crippen LogP) is 3.55. The second kappa shape index (κ2) is 7.85. The van der Waals surface area contributed by atoms with Crippen LogP contribution in [0.4, 0.5) is 0 Å². The molecular formula is C21H33N3O2. The number of piperidine rings is 1. The Labute approximate surface area is 157 Å². The number of nitrogens with zero attached hydrogens (tertiary/aromatic N) is 3. The highest BCUT2D eigenvalue weighted by molar-refractivity contribution is 5.96. The first kappa shape index (κ1) is 19.0. The van der Waals surface area contributed by atoms with E-state index in [1.807, 2.05) is 4.90 Å². The van der Waals surface area contributed by atoms with Crippen LogP contribution in [0.1, 0.15) is 72.7 Å². The molecule has 26 heavy (non-hydrogen) atoms. The minimum Gasteiger partial charge on any atom is -0.349 e. The lowest BCUT2D eigenvalue weighted by Crippen LogP contribution is -2.42. The molecule has 2 heterocycles. The third-order valence-corrected chi connectivity index (χ3v) is 6.23. The molecule has 5 heteroatoms. The third-order valence-electron chi connectivity index (χ3n) is 6.23. The van der Waals surface area contributed by atoms with E-state index < -0.39 is 0 Å². The smallest absolute Gasteiger partial charge is 0.255 e. The molecular weight excluding hydrogens is 326 g/mol. The summed E-state index contributed by atoms with van der Waals surface area (Å²) in [4.78, 5) is 28.8. The Hall–Kier alpha value is -1.78. The Morgan fingerprint density at radius 1 is 1.00 bits per heavy atom. The highest BCUT2D eigenvalue weighted by Gasteiger charge is 2.30. The summed E-state index contributed by atoms with van der Waals surface area (Å²) in [6.07, 6.45) is 7.90. The van der Waals surface area contributed by atoms with Gasteiger partial charge in [-0.1, -0.05) is 19.3 Å². The monoisotopic (exact) mass is 359 g/mol. The molecule has 1 aromatic rings. The summed E-state index contributed by atoms with van der Waals surface area (Å²) in [5.74, 6) is 0.382. The summed E-state index contributed by atoms with van der Waals surface area (Å²) in [5.41, 5.74) is 3.17. The zero-order valence-electron chi connectivity index (χ0n) is 16.8. The van der Waals surface area contributed by atoms with Gasteiger partial charge in [-0.05, 0) is 45.6 Å². The van der Waals surface area contributed by atoms with Crippen molar-refractivity contribution >= 4 is 11.8 Å². The van der Waals surface area contributed by atoms with Gasteiger partial charge in [0.05, 0.1) is 5.56 Å². The van der Waals surface area contributed by atoms with Crippen molar-refractivity contribution in [1.29, 1.82) is 0 Å². The standard InChI is InChI=1S/C21H33N3O2/c1-15-14-19(16(2)24(15)18-8-6-5-7-9-18)21(26)23-12-10-17(11-13-23)20(25)22(3)4/h14,17-18H,5-13H2,1-4H3. The third kappa shape index (κ3) is 3.67. The second-order valence-corrected chi connectivity index (χ2v) is 8.25. The average molecular weight is 360 g/mol. The van der Waals surface area contributed by atoms with Crippen molar-refractivity contribution in [2.75, 3.05) is 27.2 Å². The quantitative estimate of drug-likeness (QED) is 0.828. The van der Waals surface area contributed by atoms with Crippen LogP contribution in [-0.4, -0.2) is 53.4 Å². The van der Waals surface area contributed by atoms with Crippen LogP contribution in [0.5, 0.6) is 0 Å². The Morgan fingerprint density at radius 2 is 1.62 bits per heavy atom. The highest BCUT2D eigenvalue weighted by Crippen LogP contribution is 2.33. The fourth-order valence-corrected chi connectivity index (χ4v) is 4.76. The van der Waals surface area contributed by atoms with E-state index in [4.69, 9.17) is 0 Å². The molecule has 0 aromatic carbocycles. The first-order valence-electron chi connectivity index (χ1n) is 10.1. The Bertz CT molecular complexity index is 663. The van der Waals surface area contributed by atoms with Gasteiger partial charge in [0.2, 0.25) is 5.91 Å². The van der Waals surface area contributed by atoms with E-state index in [2.05, 4.69) is 24.5 Å². The molecule has 1 aliphatic heterocycles. The number of hydrogen-bond donors (Lipinski definition) is 0. The fourth-order valence-electron chi connectivity index (χ4n) is 4.76. The fraction of sp³-hybridized carbons (Fsp3) is 0.714. The van der Waals surface area contributed by atoms with Crippen molar-refractivity contribution < 1.29 is 9.59 Å². The predicted molar refractivity (Wildman–Crippen MR) is 103 cm³/mol. The van der Waals surface area contributed by atoms with Crippen LogP contribution in [0, 0.1) is 19.8 Å². The van der Waals surface area contributed by atoms with Crippen LogP contribution in [-0.2, 0) is 4.79 Å². The van der Waals surface area contributed by atoms with Crippen molar-refractivity contribution in [2.45, 2.75) is 64.8 Å². The first-order chi connectivity index (χ1) is 12.4. The number of aryl methyl sites for hydroxylation is 1. The molecule has 1 aromatic heterocycles. The van der Waals surface area contributed by atoms with Crippen molar-refractivity contribution in [3.05, 3.63) is 23.0 Å². The molecule has 0 N–H and O–H groups in total. The first-order valence-corrected chi connectivity index (χ1v) is 10.1. The summed E-state index contributed by atoms with van der Waals surface area (Å²) in [6, 6.07) is 2.62. The highest BCUT2D eigenvalue weighted by atomic mass is 16.2. The van der Waals surface area contributed by atoms with Crippen LogP contribution in [0.2, 0.25) is 0 Å². The number of carbonyl (C=O) groups is 2. The molecule has 3 rings (SSSR count). The second-order valence-electron chi connectivity index (χ2n) is 8.25. The van der Waals surface area contributed by atoms with Gasteiger partial charge in [0, 0.05) is 50.5 Å². The number of rotatable bonds is 3. The van der Waals surface area contributed by atoms with E-state index in [0.717, 1.165) is 24.1 Å². The van der Waals surface area contributed by atoms with Crippen molar-refractivity contribution in [3.8, 4) is 0 Å². The zero-order valence-corrected chi connectivity index (χ0v) is 16.8. The maximum absolute atomic E-state index is 13.1. The van der Waals surface area contributed by atoms with E-state index in [1.54, 1.807) is 19.0 Å². The summed E-state index contributed by atoms with van der Waals surface area (Å²) in [6.45, 7) is 5.57. The minimum atomic E-state index is 0.0590. The van der Waals surface area contributed by atoms with E-state index >= 15 is 0 Å². The Kier molecular flexibility index (Phi) is 5.73. The lowest BCUT2D eigenvalue weighted by molar-refractivity contribution is -0.134. The molecule has 1 saturated heterocycles. The summed E-state index contributed by atoms with van der Waals surface area (Å²) in [7, 11) is 3.61. The molecule has 0 unspecified atom stereocenters. The molecule has 1 saturated carbocycles. The lowest BCUT2D eigenvalue weighted by atomic mass is 9.94. The van der Waals surface area contributed by atoms with Crippen LogP contribution in [0.3, 0.4) is 0 Å². The molecule has 5 nitrogen and oxygen atoms in total. The minimum absolute atomic E-state index is 0.0590. The van der Waals surface area contributed by atoms with Crippen molar-refractivity contribution in [3.63, 3.8) is 0 Å². The molecule has 2 aliphatic rings. The van der Waals surface area contributed by atoms with Crippen LogP contribution in [0.15, 0.2) is 6.07 Å². The molecule has 1 aliphatic carbocycles. The van der Waals surface area contributed by atoms with Gasteiger partial charge in [-0.25, -0.2) is 0 Å². The number of likely N-dealkylation sites (tertiary alicyclic amines) is 1. The number of carbonyl (C=O) groups excluding carboxylic acids is 2. The topological polar surface area (TPSA) is 45.6 Å². The average Bonchev–Trinajstić information content (AvgIpc) is 2.95. The molecule has 0 atom stereocenters. The Morgan fingerprint density at radius 3 is 2.19 bits per heavy atom. The Balaban J connectivity index is 1.70. The van der Waals surface area contributed by atoms with Crippen LogP contribution < -0.4 is 0 Å². The lowest BCUT2D eigenvalue weighted by Gasteiger charge is -2.32. The van der Waals surface area contributed by atoms with E-state index in [1.165, 1.54) is 37.8 Å². The van der Waals surface area contributed by atoms with E-state index in [9.17, 15) is 9.59 Å². The largest absolute Gasteiger partial charge is 0.349 e. The maximum Gasteiger partial charge on any atom is 0.255 e. The summed E-state index contributed by atoms with van der Waals surface area (Å²) in [5, 5.41) is 0.